The van der Waals surface area contributed by atoms with E-state index in [1.807, 2.05) is 19.9 Å². The van der Waals surface area contributed by atoms with Crippen molar-refractivity contribution in [3.05, 3.63) is 17.5 Å². The van der Waals surface area contributed by atoms with Gasteiger partial charge in [-0.3, -0.25) is 4.79 Å². The van der Waals surface area contributed by atoms with Crippen molar-refractivity contribution in [1.82, 2.24) is 15.3 Å². The van der Waals surface area contributed by atoms with Gasteiger partial charge < -0.3 is 10.2 Å². The summed E-state index contributed by atoms with van der Waals surface area (Å²) >= 11 is 0. The molecule has 1 aliphatic heterocycles. The number of carbonyl (C=O) groups is 1. The Bertz CT molecular complexity index is 519. The quantitative estimate of drug-likeness (QED) is 0.931. The van der Waals surface area contributed by atoms with Gasteiger partial charge in [-0.2, -0.15) is 0 Å². The van der Waals surface area contributed by atoms with Gasteiger partial charge in [0.1, 0.15) is 0 Å². The molecule has 1 saturated heterocycles. The van der Waals surface area contributed by atoms with Crippen LogP contribution in [0.25, 0.3) is 0 Å². The predicted molar refractivity (Wildman–Crippen MR) is 86.8 cm³/mol. The van der Waals surface area contributed by atoms with Gasteiger partial charge in [0.2, 0.25) is 11.9 Å². The number of hydrogen-bond acceptors (Lipinski definition) is 4. The molecule has 1 atom stereocenters. The van der Waals surface area contributed by atoms with Crippen LogP contribution < -0.4 is 10.2 Å². The summed E-state index contributed by atoms with van der Waals surface area (Å²) in [6.07, 6.45) is 6.78. The lowest BCUT2D eigenvalue weighted by molar-refractivity contribution is -0.125. The lowest BCUT2D eigenvalue weighted by Crippen LogP contribution is -2.46. The first-order valence-electron chi connectivity index (χ1n) is 8.49. The number of anilines is 1. The summed E-state index contributed by atoms with van der Waals surface area (Å²) in [7, 11) is 0. The number of carbonyl (C=O) groups excluding carboxylic acids is 1. The molecule has 1 N–H and O–H groups in total. The zero-order chi connectivity index (χ0) is 15.5. The number of piperidine rings is 1. The smallest absolute Gasteiger partial charge is 0.225 e. The van der Waals surface area contributed by atoms with Gasteiger partial charge in [-0.05, 0) is 45.6 Å². The molecule has 3 rings (SSSR count). The lowest BCUT2D eigenvalue weighted by Gasteiger charge is -2.32. The summed E-state index contributed by atoms with van der Waals surface area (Å²) in [6.45, 7) is 5.66. The van der Waals surface area contributed by atoms with E-state index >= 15 is 0 Å². The molecule has 1 aromatic heterocycles. The van der Waals surface area contributed by atoms with Crippen molar-refractivity contribution < 1.29 is 4.79 Å². The Balaban J connectivity index is 1.64. The molecular formula is C17H26N4O. The van der Waals surface area contributed by atoms with Crippen LogP contribution in [0.2, 0.25) is 0 Å². The third-order valence-corrected chi connectivity index (χ3v) is 4.75. The Morgan fingerprint density at radius 1 is 1.14 bits per heavy atom. The van der Waals surface area contributed by atoms with Crippen LogP contribution in [0.15, 0.2) is 6.07 Å². The van der Waals surface area contributed by atoms with Gasteiger partial charge in [-0.15, -0.1) is 0 Å². The van der Waals surface area contributed by atoms with Gasteiger partial charge in [0.25, 0.3) is 0 Å². The Kier molecular flexibility index (Phi) is 4.60. The normalized spacial score (nSPS) is 22.8. The molecule has 0 bridgehead atoms. The van der Waals surface area contributed by atoms with Crippen LogP contribution >= 0.6 is 0 Å². The molecule has 5 heteroatoms. The number of nitrogens with one attached hydrogen (secondary N) is 1. The van der Waals surface area contributed by atoms with Crippen LogP contribution in [0.3, 0.4) is 0 Å². The fourth-order valence-electron chi connectivity index (χ4n) is 3.61. The molecule has 2 fully saturated rings. The van der Waals surface area contributed by atoms with E-state index in [0.717, 1.165) is 56.1 Å². The van der Waals surface area contributed by atoms with Crippen molar-refractivity contribution in [2.24, 2.45) is 5.92 Å². The molecule has 1 amide bonds. The molecule has 5 nitrogen and oxygen atoms in total. The maximum Gasteiger partial charge on any atom is 0.225 e. The van der Waals surface area contributed by atoms with Gasteiger partial charge >= 0.3 is 0 Å². The average Bonchev–Trinajstić information content (AvgIpc) is 2.99. The van der Waals surface area contributed by atoms with Crippen molar-refractivity contribution in [3.63, 3.8) is 0 Å². The second-order valence-electron chi connectivity index (χ2n) is 6.73. The molecule has 2 heterocycles. The molecule has 1 saturated carbocycles. The third-order valence-electron chi connectivity index (χ3n) is 4.75. The molecule has 0 aromatic carbocycles. The minimum atomic E-state index is 0.0683. The second kappa shape index (κ2) is 6.63. The van der Waals surface area contributed by atoms with Crippen molar-refractivity contribution in [2.75, 3.05) is 18.0 Å². The number of aryl methyl sites for hydroxylation is 2. The van der Waals surface area contributed by atoms with Crippen LogP contribution in [0.4, 0.5) is 5.95 Å². The highest BCUT2D eigenvalue weighted by Gasteiger charge is 2.29. The van der Waals surface area contributed by atoms with Gasteiger partial charge in [-0.25, -0.2) is 9.97 Å². The molecule has 120 valence electrons. The van der Waals surface area contributed by atoms with E-state index in [0.29, 0.717) is 6.04 Å². The van der Waals surface area contributed by atoms with Crippen molar-refractivity contribution in [1.29, 1.82) is 0 Å². The van der Waals surface area contributed by atoms with Crippen LogP contribution in [0, 0.1) is 19.8 Å². The highest BCUT2D eigenvalue weighted by Crippen LogP contribution is 2.23. The summed E-state index contributed by atoms with van der Waals surface area (Å²) in [4.78, 5) is 23.7. The van der Waals surface area contributed by atoms with Crippen molar-refractivity contribution in [2.45, 2.75) is 58.4 Å². The van der Waals surface area contributed by atoms with E-state index in [1.54, 1.807) is 0 Å². The summed E-state index contributed by atoms with van der Waals surface area (Å²) in [5.74, 6) is 1.07. The number of rotatable bonds is 3. The number of nitrogens with zero attached hydrogens (tertiary/aromatic N) is 3. The van der Waals surface area contributed by atoms with Crippen molar-refractivity contribution in [3.8, 4) is 0 Å². The Morgan fingerprint density at radius 2 is 1.82 bits per heavy atom. The highest BCUT2D eigenvalue weighted by molar-refractivity contribution is 5.79. The average molecular weight is 302 g/mol. The number of hydrogen-bond donors (Lipinski definition) is 1. The summed E-state index contributed by atoms with van der Waals surface area (Å²) in [6, 6.07) is 2.39. The van der Waals surface area contributed by atoms with Gasteiger partial charge in [0.15, 0.2) is 0 Å². The van der Waals surface area contributed by atoms with E-state index in [1.165, 1.54) is 12.8 Å². The molecule has 22 heavy (non-hydrogen) atoms. The Morgan fingerprint density at radius 3 is 2.50 bits per heavy atom. The van der Waals surface area contributed by atoms with Crippen LogP contribution in [0.5, 0.6) is 0 Å². The Hall–Kier alpha value is -1.65. The topological polar surface area (TPSA) is 58.1 Å². The summed E-state index contributed by atoms with van der Waals surface area (Å²) in [5, 5.41) is 3.24. The molecule has 1 aromatic rings. The first kappa shape index (κ1) is 15.3. The zero-order valence-corrected chi connectivity index (χ0v) is 13.6. The van der Waals surface area contributed by atoms with E-state index in [-0.39, 0.29) is 11.8 Å². The molecule has 1 aliphatic carbocycles. The zero-order valence-electron chi connectivity index (χ0n) is 13.6. The fraction of sp³-hybridized carbons (Fsp3) is 0.706. The lowest BCUT2D eigenvalue weighted by atomic mass is 9.97. The van der Waals surface area contributed by atoms with E-state index in [2.05, 4.69) is 20.2 Å². The first-order chi connectivity index (χ1) is 10.6. The molecule has 0 unspecified atom stereocenters. The van der Waals surface area contributed by atoms with Gasteiger partial charge in [0, 0.05) is 30.5 Å². The maximum absolute atomic E-state index is 12.5. The van der Waals surface area contributed by atoms with E-state index in [9.17, 15) is 4.79 Å². The van der Waals surface area contributed by atoms with Crippen molar-refractivity contribution >= 4 is 11.9 Å². The van der Waals surface area contributed by atoms with Crippen LogP contribution in [0.1, 0.15) is 49.9 Å². The number of aromatic nitrogens is 2. The van der Waals surface area contributed by atoms with Crippen LogP contribution in [-0.4, -0.2) is 35.0 Å². The first-order valence-corrected chi connectivity index (χ1v) is 8.49. The molecule has 0 radical (unpaired) electrons. The van der Waals surface area contributed by atoms with E-state index in [4.69, 9.17) is 0 Å². The van der Waals surface area contributed by atoms with E-state index < -0.39 is 0 Å². The monoisotopic (exact) mass is 302 g/mol. The minimum Gasteiger partial charge on any atom is -0.353 e. The minimum absolute atomic E-state index is 0.0683. The summed E-state index contributed by atoms with van der Waals surface area (Å²) in [5.41, 5.74) is 1.97. The molecule has 2 aliphatic rings. The Labute approximate surface area is 132 Å². The molecular weight excluding hydrogens is 276 g/mol. The number of amides is 1. The third kappa shape index (κ3) is 3.57. The molecule has 0 spiro atoms. The highest BCUT2D eigenvalue weighted by atomic mass is 16.2. The SMILES string of the molecule is Cc1cc(C)nc(N2CCC[C@H](C(=O)NC3CCCC3)C2)n1. The van der Waals surface area contributed by atoms with Gasteiger partial charge in [0.05, 0.1) is 5.92 Å². The summed E-state index contributed by atoms with van der Waals surface area (Å²) < 4.78 is 0. The largest absolute Gasteiger partial charge is 0.353 e. The maximum atomic E-state index is 12.5. The van der Waals surface area contributed by atoms with Gasteiger partial charge in [-0.1, -0.05) is 12.8 Å². The van der Waals surface area contributed by atoms with Crippen LogP contribution in [-0.2, 0) is 4.79 Å². The predicted octanol–water partition coefficient (Wildman–Crippen LogP) is 2.37. The fourth-order valence-corrected chi connectivity index (χ4v) is 3.61. The second-order valence-corrected chi connectivity index (χ2v) is 6.73. The standard InChI is InChI=1S/C17H26N4O/c1-12-10-13(2)19-17(18-12)21-9-5-6-14(11-21)16(22)20-15-7-3-4-8-15/h10,14-15H,3-9,11H2,1-2H3,(H,20,22)/t14-/m0/s1.